The Kier molecular flexibility index (Phi) is 4.56. The van der Waals surface area contributed by atoms with E-state index in [2.05, 4.69) is 15.5 Å². The molecule has 9 nitrogen and oxygen atoms in total. The van der Waals surface area contributed by atoms with Gasteiger partial charge in [-0.15, -0.1) is 10.2 Å². The van der Waals surface area contributed by atoms with Crippen LogP contribution in [-0.4, -0.2) is 46.2 Å². The Balaban J connectivity index is 1.54. The number of hydrogen-bond donors (Lipinski definition) is 1. The molecule has 0 amide bonds. The summed E-state index contributed by atoms with van der Waals surface area (Å²) < 4.78 is 18.9. The van der Waals surface area contributed by atoms with Crippen LogP contribution in [0.3, 0.4) is 0 Å². The number of carbonyl (C=O) groups is 2. The van der Waals surface area contributed by atoms with Crippen LogP contribution in [0.5, 0.6) is 17.2 Å². The van der Waals surface area contributed by atoms with Gasteiger partial charge < -0.3 is 19.5 Å². The fourth-order valence-corrected chi connectivity index (χ4v) is 6.10. The van der Waals surface area contributed by atoms with Crippen LogP contribution in [0.1, 0.15) is 35.3 Å². The lowest BCUT2D eigenvalue weighted by Crippen LogP contribution is -2.58. The monoisotopic (exact) mass is 498 g/mol. The van der Waals surface area contributed by atoms with Gasteiger partial charge in [0.25, 0.3) is 0 Å². The zero-order valence-corrected chi connectivity index (χ0v) is 20.0. The SMILES string of the molecule is COc1cc(OC)c2c(c1Cl)O[C@@]1(C(=O)C3=C(C[C@H]1C)Nc1nncn1C3c1ccsc1)C2=O. The van der Waals surface area contributed by atoms with Gasteiger partial charge in [0.15, 0.2) is 5.75 Å². The van der Waals surface area contributed by atoms with Crippen LogP contribution in [0.2, 0.25) is 5.02 Å². The molecule has 34 heavy (non-hydrogen) atoms. The van der Waals surface area contributed by atoms with Crippen molar-refractivity contribution in [3.8, 4) is 17.2 Å². The summed E-state index contributed by atoms with van der Waals surface area (Å²) in [5.74, 6) is -0.183. The maximum absolute atomic E-state index is 14.4. The number of fused-ring (bicyclic) bond motifs is 2. The van der Waals surface area contributed by atoms with Gasteiger partial charge in [-0.05, 0) is 28.8 Å². The second-order valence-electron chi connectivity index (χ2n) is 8.44. The molecule has 1 spiro atoms. The van der Waals surface area contributed by atoms with Crippen LogP contribution in [0.25, 0.3) is 0 Å². The first kappa shape index (κ1) is 21.2. The molecule has 4 heterocycles. The molecule has 0 saturated heterocycles. The van der Waals surface area contributed by atoms with Crippen LogP contribution in [0.15, 0.2) is 40.5 Å². The molecular formula is C23H19ClN4O5S. The molecule has 11 heteroatoms. The summed E-state index contributed by atoms with van der Waals surface area (Å²) in [6.07, 6.45) is 1.97. The van der Waals surface area contributed by atoms with Crippen molar-refractivity contribution >= 4 is 40.5 Å². The number of ether oxygens (including phenoxy) is 3. The van der Waals surface area contributed by atoms with E-state index in [0.717, 1.165) is 5.56 Å². The summed E-state index contributed by atoms with van der Waals surface area (Å²) >= 11 is 8.06. The third-order valence-electron chi connectivity index (χ3n) is 6.78. The number of halogens is 1. The van der Waals surface area contributed by atoms with Crippen molar-refractivity contribution in [2.75, 3.05) is 19.5 Å². The lowest BCUT2D eigenvalue weighted by molar-refractivity contribution is -0.130. The fourth-order valence-electron chi connectivity index (χ4n) is 5.16. The van der Waals surface area contributed by atoms with Gasteiger partial charge in [-0.2, -0.15) is 11.3 Å². The summed E-state index contributed by atoms with van der Waals surface area (Å²) in [5, 5.41) is 15.5. The number of Topliss-reactive ketones (excluding diaryl/α,β-unsaturated/α-hetero) is 2. The minimum atomic E-state index is -1.77. The highest BCUT2D eigenvalue weighted by Gasteiger charge is 2.63. The molecule has 1 N–H and O–H groups in total. The Hall–Kier alpha value is -3.37. The van der Waals surface area contributed by atoms with Crippen molar-refractivity contribution in [3.05, 3.63) is 56.6 Å². The third-order valence-corrected chi connectivity index (χ3v) is 7.84. The van der Waals surface area contributed by atoms with Crippen molar-refractivity contribution < 1.29 is 23.8 Å². The number of rotatable bonds is 3. The second-order valence-corrected chi connectivity index (χ2v) is 9.60. The van der Waals surface area contributed by atoms with E-state index in [0.29, 0.717) is 29.4 Å². The number of carbonyl (C=O) groups excluding carboxylic acids is 2. The van der Waals surface area contributed by atoms with Crippen LogP contribution >= 0.6 is 22.9 Å². The predicted octanol–water partition coefficient (Wildman–Crippen LogP) is 3.90. The molecule has 1 unspecified atom stereocenters. The first-order chi connectivity index (χ1) is 16.4. The summed E-state index contributed by atoms with van der Waals surface area (Å²) in [4.78, 5) is 28.4. The number of thiophene rings is 1. The average molecular weight is 499 g/mol. The smallest absolute Gasteiger partial charge is 0.236 e. The molecule has 3 aromatic rings. The van der Waals surface area contributed by atoms with Gasteiger partial charge in [-0.25, -0.2) is 0 Å². The van der Waals surface area contributed by atoms with Gasteiger partial charge in [0, 0.05) is 23.3 Å². The number of benzene rings is 1. The van der Waals surface area contributed by atoms with Crippen molar-refractivity contribution in [2.24, 2.45) is 5.92 Å². The molecule has 0 saturated carbocycles. The summed E-state index contributed by atoms with van der Waals surface area (Å²) in [7, 11) is 2.90. The molecular weight excluding hydrogens is 480 g/mol. The van der Waals surface area contributed by atoms with Gasteiger partial charge in [0.2, 0.25) is 23.1 Å². The number of ketones is 2. The van der Waals surface area contributed by atoms with Crippen molar-refractivity contribution in [2.45, 2.75) is 25.0 Å². The first-order valence-electron chi connectivity index (χ1n) is 10.6. The normalized spacial score (nSPS) is 24.9. The standard InChI is InChI=1S/C23H19ClN4O5S/c1-10-6-12-15(18(11-4-5-34-8-11)28-9-25-27-22(28)26-12)20(29)23(10)21(30)16-13(31-2)7-14(32-3)17(24)19(16)33-23/h4-5,7-10,18H,6H2,1-3H3,(H,26,27)/t10-,18?,23+/m1/s1. The lowest BCUT2D eigenvalue weighted by atomic mass is 9.69. The van der Waals surface area contributed by atoms with Gasteiger partial charge >= 0.3 is 0 Å². The highest BCUT2D eigenvalue weighted by molar-refractivity contribution is 7.08. The van der Waals surface area contributed by atoms with Crippen LogP contribution in [0, 0.1) is 5.92 Å². The van der Waals surface area contributed by atoms with Gasteiger partial charge in [0.1, 0.15) is 28.4 Å². The lowest BCUT2D eigenvalue weighted by Gasteiger charge is -2.42. The van der Waals surface area contributed by atoms with Gasteiger partial charge in [0.05, 0.1) is 20.3 Å². The van der Waals surface area contributed by atoms with E-state index >= 15 is 0 Å². The van der Waals surface area contributed by atoms with E-state index < -0.39 is 29.1 Å². The quantitative estimate of drug-likeness (QED) is 0.542. The van der Waals surface area contributed by atoms with E-state index in [1.807, 2.05) is 23.8 Å². The molecule has 0 bridgehead atoms. The van der Waals surface area contributed by atoms with Gasteiger partial charge in [-0.3, -0.25) is 14.2 Å². The second kappa shape index (κ2) is 7.31. The minimum absolute atomic E-state index is 0.105. The van der Waals surface area contributed by atoms with Crippen LogP contribution in [-0.2, 0) is 4.79 Å². The highest BCUT2D eigenvalue weighted by Crippen LogP contribution is 2.55. The summed E-state index contributed by atoms with van der Waals surface area (Å²) in [5.41, 5.74) is 0.443. The molecule has 1 aliphatic carbocycles. The minimum Gasteiger partial charge on any atom is -0.496 e. The van der Waals surface area contributed by atoms with E-state index in [1.54, 1.807) is 10.9 Å². The van der Waals surface area contributed by atoms with E-state index in [9.17, 15) is 9.59 Å². The molecule has 0 fully saturated rings. The maximum atomic E-state index is 14.4. The van der Waals surface area contributed by atoms with E-state index in [1.165, 1.54) is 31.6 Å². The Morgan fingerprint density at radius 1 is 1.26 bits per heavy atom. The molecule has 0 radical (unpaired) electrons. The zero-order chi connectivity index (χ0) is 23.8. The molecule has 174 valence electrons. The topological polar surface area (TPSA) is 105 Å². The number of nitrogens with one attached hydrogen (secondary N) is 1. The molecule has 6 rings (SSSR count). The van der Waals surface area contributed by atoms with Gasteiger partial charge in [-0.1, -0.05) is 18.5 Å². The van der Waals surface area contributed by atoms with E-state index in [-0.39, 0.29) is 22.1 Å². The average Bonchev–Trinajstić information content (AvgIpc) is 3.57. The maximum Gasteiger partial charge on any atom is 0.236 e. The largest absolute Gasteiger partial charge is 0.496 e. The molecule has 3 aliphatic rings. The predicted molar refractivity (Wildman–Crippen MR) is 124 cm³/mol. The Morgan fingerprint density at radius 3 is 2.76 bits per heavy atom. The number of aromatic nitrogens is 3. The Labute approximate surface area is 203 Å². The Morgan fingerprint density at radius 2 is 2.06 bits per heavy atom. The van der Waals surface area contributed by atoms with Crippen molar-refractivity contribution in [3.63, 3.8) is 0 Å². The summed E-state index contributed by atoms with van der Waals surface area (Å²) in [6, 6.07) is 2.99. The third kappa shape index (κ3) is 2.55. The molecule has 3 atom stereocenters. The Bertz CT molecular complexity index is 1400. The molecule has 2 aromatic heterocycles. The highest BCUT2D eigenvalue weighted by atomic mass is 35.5. The first-order valence-corrected chi connectivity index (χ1v) is 11.9. The van der Waals surface area contributed by atoms with Crippen LogP contribution in [0.4, 0.5) is 5.95 Å². The fraction of sp³-hybridized carbons (Fsp3) is 0.304. The number of allylic oxidation sites excluding steroid dienone is 1. The summed E-state index contributed by atoms with van der Waals surface area (Å²) in [6.45, 7) is 1.82. The van der Waals surface area contributed by atoms with Crippen LogP contribution < -0.4 is 19.5 Å². The number of hydrogen-bond acceptors (Lipinski definition) is 9. The zero-order valence-electron chi connectivity index (χ0n) is 18.4. The number of nitrogens with zero attached hydrogens (tertiary/aromatic N) is 3. The van der Waals surface area contributed by atoms with E-state index in [4.69, 9.17) is 25.8 Å². The van der Waals surface area contributed by atoms with Crippen molar-refractivity contribution in [1.29, 1.82) is 0 Å². The molecule has 1 aromatic carbocycles. The van der Waals surface area contributed by atoms with Crippen molar-refractivity contribution in [1.82, 2.24) is 14.8 Å². The molecule has 2 aliphatic heterocycles. The number of methoxy groups -OCH3 is 2. The number of anilines is 1.